The molecule has 0 saturated heterocycles. The summed E-state index contributed by atoms with van der Waals surface area (Å²) in [5, 5.41) is 4.12. The minimum atomic E-state index is -0.0677. The monoisotopic (exact) mass is 450 g/mol. The van der Waals surface area contributed by atoms with Gasteiger partial charge in [-0.3, -0.25) is 9.78 Å². The van der Waals surface area contributed by atoms with Crippen molar-refractivity contribution in [3.05, 3.63) is 78.8 Å². The zero-order chi connectivity index (χ0) is 23.5. The third kappa shape index (κ3) is 4.65. The first-order valence-electron chi connectivity index (χ1n) is 11.3. The highest BCUT2D eigenvalue weighted by Gasteiger charge is 2.09. The lowest BCUT2D eigenvalue weighted by atomic mass is 10.1. The lowest BCUT2D eigenvalue weighted by Gasteiger charge is -2.10. The molecule has 2 aromatic carbocycles. The summed E-state index contributed by atoms with van der Waals surface area (Å²) in [6.45, 7) is 1.60. The second-order valence-electron chi connectivity index (χ2n) is 8.59. The summed E-state index contributed by atoms with van der Waals surface area (Å²) >= 11 is 0. The molecule has 5 rings (SSSR count). The predicted octanol–water partition coefficient (Wildman–Crippen LogP) is 4.52. The number of fused-ring (bicyclic) bond motifs is 2. The zero-order valence-corrected chi connectivity index (χ0v) is 19.2. The largest absolute Gasteiger partial charge is 0.361 e. The topological polar surface area (TPSA) is 86.8 Å². The molecule has 5 aromatic rings. The van der Waals surface area contributed by atoms with Gasteiger partial charge < -0.3 is 15.2 Å². The van der Waals surface area contributed by atoms with Crippen LogP contribution in [0.15, 0.2) is 73.2 Å². The van der Waals surface area contributed by atoms with Gasteiger partial charge in [0, 0.05) is 41.1 Å². The van der Waals surface area contributed by atoms with E-state index in [2.05, 4.69) is 54.4 Å². The Labute approximate surface area is 197 Å². The van der Waals surface area contributed by atoms with Gasteiger partial charge in [-0.1, -0.05) is 18.2 Å². The maximum atomic E-state index is 12.4. The molecule has 0 aliphatic heterocycles. The van der Waals surface area contributed by atoms with E-state index in [-0.39, 0.29) is 5.91 Å². The van der Waals surface area contributed by atoms with E-state index in [4.69, 9.17) is 0 Å². The molecule has 0 aliphatic carbocycles. The number of carbonyl (C=O) groups is 1. The van der Waals surface area contributed by atoms with Gasteiger partial charge in [0.25, 0.3) is 5.91 Å². The molecular formula is C27H26N6O. The van der Waals surface area contributed by atoms with E-state index in [1.165, 1.54) is 0 Å². The van der Waals surface area contributed by atoms with Crippen molar-refractivity contribution in [1.82, 2.24) is 30.2 Å². The Morgan fingerprint density at radius 1 is 0.941 bits per heavy atom. The molecule has 2 N–H and O–H groups in total. The Morgan fingerprint density at radius 2 is 1.76 bits per heavy atom. The van der Waals surface area contributed by atoms with Crippen LogP contribution in [-0.2, 0) is 0 Å². The third-order valence-corrected chi connectivity index (χ3v) is 5.80. The number of carbonyl (C=O) groups excluding carboxylic acids is 1. The van der Waals surface area contributed by atoms with Crippen LogP contribution in [-0.4, -0.2) is 57.9 Å². The molecule has 170 valence electrons. The van der Waals surface area contributed by atoms with Gasteiger partial charge in [0.05, 0.1) is 11.9 Å². The van der Waals surface area contributed by atoms with Crippen molar-refractivity contribution in [2.75, 3.05) is 27.2 Å². The highest BCUT2D eigenvalue weighted by Crippen LogP contribution is 2.26. The lowest BCUT2D eigenvalue weighted by molar-refractivity contribution is 0.0952. The van der Waals surface area contributed by atoms with Crippen LogP contribution >= 0.6 is 0 Å². The molecular weight excluding hydrogens is 424 g/mol. The van der Waals surface area contributed by atoms with Crippen LogP contribution in [0.5, 0.6) is 0 Å². The first-order valence-corrected chi connectivity index (χ1v) is 11.3. The van der Waals surface area contributed by atoms with E-state index in [1.54, 1.807) is 6.20 Å². The van der Waals surface area contributed by atoms with Gasteiger partial charge in [-0.15, -0.1) is 0 Å². The van der Waals surface area contributed by atoms with Crippen LogP contribution in [0.4, 0.5) is 0 Å². The maximum absolute atomic E-state index is 12.4. The molecule has 0 radical (unpaired) electrons. The van der Waals surface area contributed by atoms with Crippen molar-refractivity contribution >= 4 is 28.0 Å². The smallest absolute Gasteiger partial charge is 0.251 e. The summed E-state index contributed by atoms with van der Waals surface area (Å²) in [4.78, 5) is 31.5. The van der Waals surface area contributed by atoms with Crippen molar-refractivity contribution in [2.24, 2.45) is 0 Å². The minimum absolute atomic E-state index is 0.0677. The van der Waals surface area contributed by atoms with E-state index in [1.807, 2.05) is 56.8 Å². The molecule has 3 aromatic heterocycles. The Bertz CT molecular complexity index is 1460. The molecule has 0 fully saturated rings. The summed E-state index contributed by atoms with van der Waals surface area (Å²) < 4.78 is 0. The molecule has 1 amide bonds. The zero-order valence-electron chi connectivity index (χ0n) is 19.2. The molecule has 0 atom stereocenters. The first kappa shape index (κ1) is 21.7. The van der Waals surface area contributed by atoms with Gasteiger partial charge in [0.2, 0.25) is 0 Å². The van der Waals surface area contributed by atoms with E-state index < -0.39 is 0 Å². The van der Waals surface area contributed by atoms with Crippen molar-refractivity contribution in [2.45, 2.75) is 6.42 Å². The number of hydrogen-bond acceptors (Lipinski definition) is 5. The molecule has 0 aliphatic rings. The van der Waals surface area contributed by atoms with Crippen LogP contribution in [0.1, 0.15) is 16.8 Å². The van der Waals surface area contributed by atoms with Gasteiger partial charge >= 0.3 is 0 Å². The molecule has 3 heterocycles. The number of aromatic amines is 1. The summed E-state index contributed by atoms with van der Waals surface area (Å²) in [5.74, 6) is -0.0677. The minimum Gasteiger partial charge on any atom is -0.361 e. The highest BCUT2D eigenvalue weighted by molar-refractivity contribution is 5.94. The van der Waals surface area contributed by atoms with Crippen LogP contribution in [0.25, 0.3) is 44.5 Å². The lowest BCUT2D eigenvalue weighted by Crippen LogP contribution is -2.27. The van der Waals surface area contributed by atoms with E-state index in [9.17, 15) is 4.79 Å². The fraction of sp³-hybridized carbons (Fsp3) is 0.185. The number of benzene rings is 2. The second-order valence-corrected chi connectivity index (χ2v) is 8.59. The maximum Gasteiger partial charge on any atom is 0.251 e. The van der Waals surface area contributed by atoms with Gasteiger partial charge in [-0.2, -0.15) is 0 Å². The van der Waals surface area contributed by atoms with Gasteiger partial charge in [-0.25, -0.2) is 9.97 Å². The average molecular weight is 451 g/mol. The van der Waals surface area contributed by atoms with E-state index >= 15 is 0 Å². The summed E-state index contributed by atoms with van der Waals surface area (Å²) in [7, 11) is 4.04. The Kier molecular flexibility index (Phi) is 6.01. The van der Waals surface area contributed by atoms with Crippen LogP contribution < -0.4 is 5.32 Å². The number of rotatable bonds is 7. The number of aromatic nitrogens is 4. The number of nitrogens with one attached hydrogen (secondary N) is 2. The predicted molar refractivity (Wildman–Crippen MR) is 136 cm³/mol. The second kappa shape index (κ2) is 9.41. The van der Waals surface area contributed by atoms with E-state index in [0.717, 1.165) is 51.8 Å². The van der Waals surface area contributed by atoms with Gasteiger partial charge in [0.1, 0.15) is 5.52 Å². The van der Waals surface area contributed by atoms with Crippen LogP contribution in [0.2, 0.25) is 0 Å². The number of H-pyrrole nitrogens is 1. The highest BCUT2D eigenvalue weighted by atomic mass is 16.1. The molecule has 0 unspecified atom stereocenters. The Balaban J connectivity index is 1.32. The number of pyridine rings is 1. The van der Waals surface area contributed by atoms with Crippen LogP contribution in [0.3, 0.4) is 0 Å². The van der Waals surface area contributed by atoms with Gasteiger partial charge in [-0.05, 0) is 74.4 Å². The van der Waals surface area contributed by atoms with Crippen molar-refractivity contribution in [3.63, 3.8) is 0 Å². The molecule has 0 saturated carbocycles. The normalized spacial score (nSPS) is 11.4. The quantitative estimate of drug-likeness (QED) is 0.356. The molecule has 34 heavy (non-hydrogen) atoms. The first-order chi connectivity index (χ1) is 16.6. The molecule has 7 heteroatoms. The van der Waals surface area contributed by atoms with Crippen molar-refractivity contribution in [1.29, 1.82) is 0 Å². The number of nitrogens with zero attached hydrogens (tertiary/aromatic N) is 4. The summed E-state index contributed by atoms with van der Waals surface area (Å²) in [6.07, 6.45) is 6.43. The van der Waals surface area contributed by atoms with E-state index in [0.29, 0.717) is 17.8 Å². The fourth-order valence-corrected chi connectivity index (χ4v) is 3.92. The molecule has 7 nitrogen and oxygen atoms in total. The number of hydrogen-bond donors (Lipinski definition) is 2. The van der Waals surface area contributed by atoms with Gasteiger partial charge in [0.15, 0.2) is 5.65 Å². The third-order valence-electron chi connectivity index (χ3n) is 5.80. The number of amides is 1. The summed E-state index contributed by atoms with van der Waals surface area (Å²) in [6, 6.07) is 17.8. The van der Waals surface area contributed by atoms with Crippen LogP contribution in [0, 0.1) is 0 Å². The molecule has 0 bridgehead atoms. The Morgan fingerprint density at radius 3 is 2.59 bits per heavy atom. The average Bonchev–Trinajstić information content (AvgIpc) is 3.34. The molecule has 0 spiro atoms. The standard InChI is InChI=1S/C27H26N6O/c1-33(2)13-3-11-29-27(34)19-6-4-18(5-7-19)25-17-30-24-15-22(16-31-26(24)32-25)20-8-9-23-21(14-20)10-12-28-23/h4-10,12,14-17,28H,3,11,13H2,1-2H3,(H,29,34). The van der Waals surface area contributed by atoms with Crippen molar-refractivity contribution in [3.8, 4) is 22.4 Å². The SMILES string of the molecule is CN(C)CCCNC(=O)c1ccc(-c2cnc3cc(-c4ccc5[nH]ccc5c4)cnc3n2)cc1. The fourth-order valence-electron chi connectivity index (χ4n) is 3.92. The van der Waals surface area contributed by atoms with Crippen molar-refractivity contribution < 1.29 is 4.79 Å². The summed E-state index contributed by atoms with van der Waals surface area (Å²) in [5.41, 5.74) is 6.76. The Hall–Kier alpha value is -4.10.